The first-order chi connectivity index (χ1) is 13.1. The van der Waals surface area contributed by atoms with Gasteiger partial charge in [-0.3, -0.25) is 0 Å². The Kier molecular flexibility index (Phi) is 5.62. The van der Waals surface area contributed by atoms with Crippen molar-refractivity contribution in [2.45, 2.75) is 6.18 Å². The number of rotatable bonds is 4. The molecule has 0 aliphatic carbocycles. The second-order valence-electron chi connectivity index (χ2n) is 5.61. The summed E-state index contributed by atoms with van der Waals surface area (Å²) in [4.78, 5) is 9.63. The molecule has 0 radical (unpaired) electrons. The van der Waals surface area contributed by atoms with Gasteiger partial charge in [0.2, 0.25) is 5.88 Å². The maximum atomic E-state index is 13.4. The molecule has 3 aromatic rings. The van der Waals surface area contributed by atoms with Crippen molar-refractivity contribution in [3.05, 3.63) is 70.2 Å². The molecule has 0 atom stereocenters. The molecular weight excluding hydrogens is 421 g/mol. The van der Waals surface area contributed by atoms with Crippen LogP contribution in [0.4, 0.5) is 29.1 Å². The standard InChI is InChI=1S/C18H11Cl2F4N3O/c1-27(10-2-4-13(19)14(20)6-10)16-8-17(26-9-25-16)28-11-3-5-15(21)12(7-11)18(22,23)24/h2-9H,1H3. The molecule has 4 nitrogen and oxygen atoms in total. The van der Waals surface area contributed by atoms with Crippen LogP contribution in [0.15, 0.2) is 48.8 Å². The van der Waals surface area contributed by atoms with Crippen LogP contribution in [-0.4, -0.2) is 17.0 Å². The van der Waals surface area contributed by atoms with Crippen LogP contribution in [0.1, 0.15) is 5.56 Å². The second kappa shape index (κ2) is 7.81. The fourth-order valence-corrected chi connectivity index (χ4v) is 2.59. The molecule has 10 heteroatoms. The van der Waals surface area contributed by atoms with Crippen LogP contribution >= 0.6 is 23.2 Å². The van der Waals surface area contributed by atoms with Gasteiger partial charge in [0, 0.05) is 18.8 Å². The number of halogens is 6. The van der Waals surface area contributed by atoms with E-state index in [-0.39, 0.29) is 11.6 Å². The van der Waals surface area contributed by atoms with Gasteiger partial charge in [-0.25, -0.2) is 14.4 Å². The zero-order valence-corrected chi connectivity index (χ0v) is 15.6. The molecule has 28 heavy (non-hydrogen) atoms. The van der Waals surface area contributed by atoms with Crippen molar-refractivity contribution < 1.29 is 22.3 Å². The Morgan fingerprint density at radius 1 is 0.964 bits per heavy atom. The summed E-state index contributed by atoms with van der Waals surface area (Å²) >= 11 is 11.9. The fraction of sp³-hybridized carbons (Fsp3) is 0.111. The summed E-state index contributed by atoms with van der Waals surface area (Å²) in [5.74, 6) is -1.23. The van der Waals surface area contributed by atoms with Crippen molar-refractivity contribution in [1.29, 1.82) is 0 Å². The minimum Gasteiger partial charge on any atom is -0.439 e. The van der Waals surface area contributed by atoms with Gasteiger partial charge in [-0.1, -0.05) is 23.2 Å². The third kappa shape index (κ3) is 4.45. The van der Waals surface area contributed by atoms with Crippen molar-refractivity contribution in [1.82, 2.24) is 9.97 Å². The summed E-state index contributed by atoms with van der Waals surface area (Å²) in [6, 6.07) is 8.70. The normalized spacial score (nSPS) is 11.4. The highest BCUT2D eigenvalue weighted by Gasteiger charge is 2.34. The highest BCUT2D eigenvalue weighted by atomic mass is 35.5. The molecule has 3 rings (SSSR count). The lowest BCUT2D eigenvalue weighted by molar-refractivity contribution is -0.140. The average Bonchev–Trinajstić information content (AvgIpc) is 2.64. The minimum atomic E-state index is -4.84. The molecule has 0 saturated carbocycles. The lowest BCUT2D eigenvalue weighted by atomic mass is 10.2. The van der Waals surface area contributed by atoms with Gasteiger partial charge < -0.3 is 9.64 Å². The van der Waals surface area contributed by atoms with Crippen molar-refractivity contribution in [2.24, 2.45) is 0 Å². The average molecular weight is 432 g/mol. The molecule has 2 aromatic carbocycles. The third-order valence-corrected chi connectivity index (χ3v) is 4.47. The van der Waals surface area contributed by atoms with Crippen molar-refractivity contribution in [3.63, 3.8) is 0 Å². The number of alkyl halides is 3. The van der Waals surface area contributed by atoms with Crippen LogP contribution in [0.2, 0.25) is 10.0 Å². The lowest BCUT2D eigenvalue weighted by Gasteiger charge is -2.19. The van der Waals surface area contributed by atoms with Gasteiger partial charge in [0.25, 0.3) is 0 Å². The van der Waals surface area contributed by atoms with Crippen LogP contribution < -0.4 is 9.64 Å². The van der Waals surface area contributed by atoms with E-state index in [1.165, 1.54) is 12.4 Å². The van der Waals surface area contributed by atoms with E-state index in [9.17, 15) is 17.6 Å². The predicted octanol–water partition coefficient (Wildman–Crippen LogP) is 6.50. The van der Waals surface area contributed by atoms with E-state index in [1.807, 2.05) is 0 Å². The van der Waals surface area contributed by atoms with Crippen LogP contribution in [-0.2, 0) is 6.18 Å². The molecule has 0 aliphatic rings. The Hall–Kier alpha value is -2.58. The smallest absolute Gasteiger partial charge is 0.419 e. The number of nitrogens with zero attached hydrogens (tertiary/aromatic N) is 3. The number of hydrogen-bond acceptors (Lipinski definition) is 4. The molecule has 0 fully saturated rings. The second-order valence-corrected chi connectivity index (χ2v) is 6.43. The Morgan fingerprint density at radius 2 is 1.71 bits per heavy atom. The Balaban J connectivity index is 1.87. The monoisotopic (exact) mass is 431 g/mol. The van der Waals surface area contributed by atoms with Gasteiger partial charge in [-0.15, -0.1) is 0 Å². The first-order valence-corrected chi connectivity index (χ1v) is 8.46. The zero-order chi connectivity index (χ0) is 20.5. The molecule has 0 aliphatic heterocycles. The van der Waals surface area contributed by atoms with Gasteiger partial charge in [0.1, 0.15) is 23.7 Å². The molecular formula is C18H11Cl2F4N3O. The summed E-state index contributed by atoms with van der Waals surface area (Å²) in [6.45, 7) is 0. The quantitative estimate of drug-likeness (QED) is 0.441. The highest BCUT2D eigenvalue weighted by Crippen LogP contribution is 2.35. The molecule has 0 spiro atoms. The maximum absolute atomic E-state index is 13.4. The zero-order valence-electron chi connectivity index (χ0n) is 14.1. The summed E-state index contributed by atoms with van der Waals surface area (Å²) in [5.41, 5.74) is -0.757. The molecule has 0 unspecified atom stereocenters. The molecule has 1 heterocycles. The van der Waals surface area contributed by atoms with Crippen LogP contribution in [0.25, 0.3) is 0 Å². The first-order valence-electron chi connectivity index (χ1n) is 7.70. The van der Waals surface area contributed by atoms with E-state index in [0.29, 0.717) is 33.7 Å². The van der Waals surface area contributed by atoms with Gasteiger partial charge in [-0.2, -0.15) is 13.2 Å². The predicted molar refractivity (Wildman–Crippen MR) is 98.0 cm³/mol. The summed E-state index contributed by atoms with van der Waals surface area (Å²) in [6.07, 6.45) is -3.65. The van der Waals surface area contributed by atoms with E-state index in [0.717, 1.165) is 6.07 Å². The van der Waals surface area contributed by atoms with Crippen molar-refractivity contribution in [2.75, 3.05) is 11.9 Å². The van der Waals surface area contributed by atoms with E-state index >= 15 is 0 Å². The summed E-state index contributed by atoms with van der Waals surface area (Å²) in [7, 11) is 1.70. The Labute approximate surface area is 167 Å². The van der Waals surface area contributed by atoms with Gasteiger partial charge >= 0.3 is 6.18 Å². The maximum Gasteiger partial charge on any atom is 0.419 e. The van der Waals surface area contributed by atoms with E-state index < -0.39 is 17.6 Å². The van der Waals surface area contributed by atoms with Gasteiger partial charge in [0.15, 0.2) is 0 Å². The van der Waals surface area contributed by atoms with Crippen LogP contribution in [0.5, 0.6) is 11.6 Å². The molecule has 0 amide bonds. The number of aromatic nitrogens is 2. The Morgan fingerprint density at radius 3 is 2.39 bits per heavy atom. The molecule has 0 bridgehead atoms. The highest BCUT2D eigenvalue weighted by molar-refractivity contribution is 6.42. The molecule has 146 valence electrons. The Bertz CT molecular complexity index is 1010. The molecule has 1 aromatic heterocycles. The topological polar surface area (TPSA) is 38.2 Å². The van der Waals surface area contributed by atoms with Crippen LogP contribution in [0.3, 0.4) is 0 Å². The first kappa shape index (κ1) is 20.2. The third-order valence-electron chi connectivity index (χ3n) is 3.73. The summed E-state index contributed by atoms with van der Waals surface area (Å²) < 4.78 is 57.3. The molecule has 0 saturated heterocycles. The van der Waals surface area contributed by atoms with Gasteiger partial charge in [0.05, 0.1) is 15.6 Å². The fourth-order valence-electron chi connectivity index (χ4n) is 2.30. The number of hydrogen-bond donors (Lipinski definition) is 0. The number of anilines is 2. The molecule has 0 N–H and O–H groups in total. The number of ether oxygens (including phenoxy) is 1. The van der Waals surface area contributed by atoms with E-state index in [1.54, 1.807) is 30.1 Å². The minimum absolute atomic E-state index is 0.0170. The van der Waals surface area contributed by atoms with E-state index in [4.69, 9.17) is 27.9 Å². The van der Waals surface area contributed by atoms with Crippen molar-refractivity contribution >= 4 is 34.7 Å². The summed E-state index contributed by atoms with van der Waals surface area (Å²) in [5, 5.41) is 0.741. The SMILES string of the molecule is CN(c1ccc(Cl)c(Cl)c1)c1cc(Oc2ccc(F)c(C(F)(F)F)c2)ncn1. The van der Waals surface area contributed by atoms with Gasteiger partial charge in [-0.05, 0) is 36.4 Å². The number of benzene rings is 2. The van der Waals surface area contributed by atoms with Crippen molar-refractivity contribution in [3.8, 4) is 11.6 Å². The van der Waals surface area contributed by atoms with Crippen LogP contribution in [0, 0.1) is 5.82 Å². The lowest BCUT2D eigenvalue weighted by Crippen LogP contribution is -2.11. The van der Waals surface area contributed by atoms with E-state index in [2.05, 4.69) is 9.97 Å². The largest absolute Gasteiger partial charge is 0.439 e.